The molecule has 0 fully saturated rings. The molecular weight excluding hydrogens is 342 g/mol. The number of amides is 1. The van der Waals surface area contributed by atoms with Crippen molar-refractivity contribution >= 4 is 33.2 Å². The Morgan fingerprint density at radius 2 is 1.86 bits per heavy atom. The van der Waals surface area contributed by atoms with Gasteiger partial charge in [0.25, 0.3) is 0 Å². The largest absolute Gasteiger partial charge is 0.384 e. The molecule has 0 atom stereocenters. The Bertz CT molecular complexity index is 649. The fraction of sp³-hybridized carbons (Fsp3) is 0.133. The van der Waals surface area contributed by atoms with Gasteiger partial charge in [0.15, 0.2) is 11.6 Å². The zero-order valence-electron chi connectivity index (χ0n) is 11.0. The molecule has 0 aliphatic heterocycles. The van der Waals surface area contributed by atoms with Crippen molar-refractivity contribution in [1.29, 1.82) is 0 Å². The molecule has 3 nitrogen and oxygen atoms in total. The molecule has 2 aromatic carbocycles. The molecule has 0 aliphatic rings. The summed E-state index contributed by atoms with van der Waals surface area (Å²) < 4.78 is 26.7. The molecule has 2 N–H and O–H groups in total. The predicted molar refractivity (Wildman–Crippen MR) is 82.2 cm³/mol. The van der Waals surface area contributed by atoms with Crippen LogP contribution in [0.25, 0.3) is 0 Å². The van der Waals surface area contributed by atoms with Gasteiger partial charge in [-0.15, -0.1) is 0 Å². The molecular formula is C15H13BrF2N2O. The molecule has 0 unspecified atom stereocenters. The first-order valence-corrected chi connectivity index (χ1v) is 7.08. The summed E-state index contributed by atoms with van der Waals surface area (Å²) in [5.74, 6) is -2.20. The van der Waals surface area contributed by atoms with Crippen molar-refractivity contribution < 1.29 is 13.6 Å². The van der Waals surface area contributed by atoms with Crippen LogP contribution in [0.15, 0.2) is 46.9 Å². The van der Waals surface area contributed by atoms with Gasteiger partial charge < -0.3 is 10.6 Å². The Kier molecular flexibility index (Phi) is 5.27. The van der Waals surface area contributed by atoms with Gasteiger partial charge in [0.1, 0.15) is 0 Å². The average molecular weight is 355 g/mol. The van der Waals surface area contributed by atoms with E-state index in [1.165, 1.54) is 6.07 Å². The maximum atomic E-state index is 13.0. The predicted octanol–water partition coefficient (Wildman–Crippen LogP) is 4.17. The normalized spacial score (nSPS) is 10.2. The van der Waals surface area contributed by atoms with Gasteiger partial charge in [0.05, 0.1) is 0 Å². The van der Waals surface area contributed by atoms with E-state index in [4.69, 9.17) is 0 Å². The lowest BCUT2D eigenvalue weighted by atomic mass is 10.2. The summed E-state index contributed by atoms with van der Waals surface area (Å²) >= 11 is 3.35. The van der Waals surface area contributed by atoms with Gasteiger partial charge in [-0.05, 0) is 30.3 Å². The summed E-state index contributed by atoms with van der Waals surface area (Å²) in [5.41, 5.74) is 1.13. The number of anilines is 2. The van der Waals surface area contributed by atoms with Crippen LogP contribution in [-0.4, -0.2) is 12.5 Å². The Hall–Kier alpha value is -1.95. The topological polar surface area (TPSA) is 41.1 Å². The zero-order valence-corrected chi connectivity index (χ0v) is 12.6. The Balaban J connectivity index is 1.81. The van der Waals surface area contributed by atoms with Crippen molar-refractivity contribution in [3.8, 4) is 0 Å². The van der Waals surface area contributed by atoms with E-state index < -0.39 is 11.6 Å². The smallest absolute Gasteiger partial charge is 0.226 e. The van der Waals surface area contributed by atoms with E-state index in [1.54, 1.807) is 0 Å². The maximum absolute atomic E-state index is 13.0. The molecule has 2 aromatic rings. The second-order valence-corrected chi connectivity index (χ2v) is 5.28. The second kappa shape index (κ2) is 7.17. The van der Waals surface area contributed by atoms with Gasteiger partial charge in [-0.1, -0.05) is 22.0 Å². The third-order valence-corrected chi connectivity index (χ3v) is 3.20. The van der Waals surface area contributed by atoms with Crippen molar-refractivity contribution in [2.45, 2.75) is 6.42 Å². The van der Waals surface area contributed by atoms with Crippen LogP contribution in [0, 0.1) is 11.6 Å². The van der Waals surface area contributed by atoms with Crippen LogP contribution in [0.4, 0.5) is 20.2 Å². The van der Waals surface area contributed by atoms with Gasteiger partial charge in [-0.3, -0.25) is 4.79 Å². The summed E-state index contributed by atoms with van der Waals surface area (Å²) in [5, 5.41) is 5.61. The highest BCUT2D eigenvalue weighted by Crippen LogP contribution is 2.16. The van der Waals surface area contributed by atoms with Crippen LogP contribution in [0.1, 0.15) is 6.42 Å². The van der Waals surface area contributed by atoms with Crippen molar-refractivity contribution in [2.24, 2.45) is 0 Å². The van der Waals surface area contributed by atoms with E-state index >= 15 is 0 Å². The molecule has 0 bridgehead atoms. The van der Waals surface area contributed by atoms with Crippen molar-refractivity contribution in [3.63, 3.8) is 0 Å². The second-order valence-electron chi connectivity index (χ2n) is 4.36. The van der Waals surface area contributed by atoms with Crippen LogP contribution in [0.3, 0.4) is 0 Å². The summed E-state index contributed by atoms with van der Waals surface area (Å²) in [6.07, 6.45) is 0.214. The number of nitrogens with one attached hydrogen (secondary N) is 2. The van der Waals surface area contributed by atoms with E-state index in [-0.39, 0.29) is 18.0 Å². The molecule has 0 aliphatic carbocycles. The molecule has 110 valence electrons. The van der Waals surface area contributed by atoms with Crippen LogP contribution >= 0.6 is 15.9 Å². The number of rotatable bonds is 5. The number of carbonyl (C=O) groups is 1. The van der Waals surface area contributed by atoms with Crippen LogP contribution in [0.2, 0.25) is 0 Å². The minimum Gasteiger partial charge on any atom is -0.384 e. The molecule has 0 radical (unpaired) electrons. The first-order chi connectivity index (χ1) is 10.0. The Labute approximate surface area is 129 Å². The molecule has 0 heterocycles. The summed E-state index contributed by atoms with van der Waals surface area (Å²) in [4.78, 5) is 11.7. The molecule has 0 saturated carbocycles. The van der Waals surface area contributed by atoms with E-state index in [9.17, 15) is 13.6 Å². The van der Waals surface area contributed by atoms with Gasteiger partial charge >= 0.3 is 0 Å². The quantitative estimate of drug-likeness (QED) is 0.845. The van der Waals surface area contributed by atoms with E-state index in [2.05, 4.69) is 26.6 Å². The summed E-state index contributed by atoms with van der Waals surface area (Å²) in [7, 11) is 0. The molecule has 0 saturated heterocycles. The van der Waals surface area contributed by atoms with E-state index in [0.29, 0.717) is 6.54 Å². The maximum Gasteiger partial charge on any atom is 0.226 e. The highest BCUT2D eigenvalue weighted by atomic mass is 79.9. The summed E-state index contributed by atoms with van der Waals surface area (Å²) in [6.45, 7) is 0.436. The van der Waals surface area contributed by atoms with Crippen LogP contribution in [-0.2, 0) is 4.79 Å². The number of benzene rings is 2. The minimum atomic E-state index is -0.986. The van der Waals surface area contributed by atoms with Crippen LogP contribution < -0.4 is 10.6 Å². The molecule has 0 spiro atoms. The lowest BCUT2D eigenvalue weighted by molar-refractivity contribution is -0.115. The highest BCUT2D eigenvalue weighted by molar-refractivity contribution is 9.10. The molecule has 21 heavy (non-hydrogen) atoms. The summed E-state index contributed by atoms with van der Waals surface area (Å²) in [6, 6.07) is 10.8. The van der Waals surface area contributed by atoms with Gasteiger partial charge in [-0.2, -0.15) is 0 Å². The fourth-order valence-corrected chi connectivity index (χ4v) is 2.12. The lowest BCUT2D eigenvalue weighted by Gasteiger charge is -2.08. The van der Waals surface area contributed by atoms with E-state index in [0.717, 1.165) is 22.3 Å². The first-order valence-electron chi connectivity index (χ1n) is 6.29. The number of hydrogen-bond donors (Lipinski definition) is 2. The molecule has 0 aromatic heterocycles. The standard InChI is InChI=1S/C15H13BrF2N2O/c16-10-2-1-3-11(8-10)19-7-6-15(21)20-12-4-5-13(17)14(18)9-12/h1-5,8-9,19H,6-7H2,(H,20,21). The van der Waals surface area contributed by atoms with E-state index in [1.807, 2.05) is 24.3 Å². The third kappa shape index (κ3) is 4.82. The van der Waals surface area contributed by atoms with Crippen molar-refractivity contribution in [3.05, 3.63) is 58.6 Å². The minimum absolute atomic E-state index is 0.214. The Morgan fingerprint density at radius 3 is 2.57 bits per heavy atom. The molecule has 1 amide bonds. The fourth-order valence-electron chi connectivity index (χ4n) is 1.72. The third-order valence-electron chi connectivity index (χ3n) is 2.71. The van der Waals surface area contributed by atoms with Gasteiger partial charge in [-0.25, -0.2) is 8.78 Å². The zero-order chi connectivity index (χ0) is 15.2. The lowest BCUT2D eigenvalue weighted by Crippen LogP contribution is -2.16. The molecule has 6 heteroatoms. The number of hydrogen-bond acceptors (Lipinski definition) is 2. The SMILES string of the molecule is O=C(CCNc1cccc(Br)c1)Nc1ccc(F)c(F)c1. The monoisotopic (exact) mass is 354 g/mol. The average Bonchev–Trinajstić information content (AvgIpc) is 2.43. The number of halogens is 3. The van der Waals surface area contributed by atoms with Gasteiger partial charge in [0.2, 0.25) is 5.91 Å². The molecule has 2 rings (SSSR count). The highest BCUT2D eigenvalue weighted by Gasteiger charge is 2.06. The van der Waals surface area contributed by atoms with Crippen molar-refractivity contribution in [1.82, 2.24) is 0 Å². The van der Waals surface area contributed by atoms with Crippen molar-refractivity contribution in [2.75, 3.05) is 17.2 Å². The Morgan fingerprint density at radius 1 is 1.05 bits per heavy atom. The van der Waals surface area contributed by atoms with Gasteiger partial charge in [0, 0.05) is 34.9 Å². The first kappa shape index (κ1) is 15.4. The number of carbonyl (C=O) groups excluding carboxylic acids is 1. The van der Waals surface area contributed by atoms with Crippen LogP contribution in [0.5, 0.6) is 0 Å².